The topological polar surface area (TPSA) is 158 Å². The molecule has 1 aromatic heterocycles. The van der Waals surface area contributed by atoms with Crippen LogP contribution in [0.1, 0.15) is 118 Å². The number of nitrogens with zero attached hydrogens (tertiary/aromatic N) is 4. The molecule has 2 aliphatic carbocycles. The summed E-state index contributed by atoms with van der Waals surface area (Å²) in [4.78, 5) is 72.0. The van der Waals surface area contributed by atoms with Crippen LogP contribution >= 0.6 is 23.2 Å². The van der Waals surface area contributed by atoms with Gasteiger partial charge in [-0.1, -0.05) is 66.7 Å². The average Bonchev–Trinajstić information content (AvgIpc) is 3.80. The Morgan fingerprint density at radius 3 is 2.34 bits per heavy atom. The quantitative estimate of drug-likeness (QED) is 0.155. The molecule has 4 N–H and O–H groups in total. The van der Waals surface area contributed by atoms with Crippen molar-refractivity contribution in [2.45, 2.75) is 130 Å². The lowest BCUT2D eigenvalue weighted by molar-refractivity contribution is -0.136. The molecule has 344 valence electrons. The van der Waals surface area contributed by atoms with E-state index in [1.165, 1.54) is 10.6 Å². The number of aromatic nitrogens is 2. The van der Waals surface area contributed by atoms with E-state index in [-0.39, 0.29) is 58.8 Å². The average molecular weight is 929 g/mol. The van der Waals surface area contributed by atoms with Gasteiger partial charge >= 0.3 is 5.69 Å². The number of anilines is 1. The van der Waals surface area contributed by atoms with Crippen molar-refractivity contribution in [2.24, 2.45) is 7.05 Å². The van der Waals surface area contributed by atoms with Crippen LogP contribution in [0.25, 0.3) is 11.0 Å². The molecule has 4 aliphatic heterocycles. The first-order chi connectivity index (χ1) is 31.2. The van der Waals surface area contributed by atoms with Crippen LogP contribution in [-0.4, -0.2) is 97.6 Å². The Morgan fingerprint density at radius 2 is 1.62 bits per heavy atom. The van der Waals surface area contributed by atoms with Crippen molar-refractivity contribution in [3.8, 4) is 0 Å². The molecule has 16 heteroatoms. The number of fused-ring (bicyclic) bond motifs is 4. The van der Waals surface area contributed by atoms with Gasteiger partial charge in [-0.05, 0) is 131 Å². The van der Waals surface area contributed by atoms with Gasteiger partial charge in [-0.2, -0.15) is 0 Å². The molecule has 1 unspecified atom stereocenters. The Bertz CT molecular complexity index is 2660. The highest BCUT2D eigenvalue weighted by atomic mass is 35.5. The third kappa shape index (κ3) is 7.07. The predicted molar refractivity (Wildman–Crippen MR) is 246 cm³/mol. The number of rotatable bonds is 7. The van der Waals surface area contributed by atoms with Crippen LogP contribution in [-0.2, 0) is 31.6 Å². The largest absolute Gasteiger partial charge is 0.389 e. The molecule has 5 fully saturated rings. The monoisotopic (exact) mass is 927 g/mol. The van der Waals surface area contributed by atoms with Crippen molar-refractivity contribution in [3.05, 3.63) is 97.6 Å². The minimum Gasteiger partial charge on any atom is -0.389 e. The number of hydrogen-bond acceptors (Lipinski definition) is 8. The summed E-state index contributed by atoms with van der Waals surface area (Å²) >= 11 is 12.9. The van der Waals surface area contributed by atoms with Crippen LogP contribution in [0, 0.1) is 5.82 Å². The Hall–Kier alpha value is -4.60. The lowest BCUT2D eigenvalue weighted by Gasteiger charge is -2.50. The van der Waals surface area contributed by atoms with Crippen molar-refractivity contribution in [1.82, 2.24) is 29.6 Å². The van der Waals surface area contributed by atoms with E-state index >= 15 is 4.39 Å². The van der Waals surface area contributed by atoms with E-state index in [9.17, 15) is 29.1 Å². The molecule has 4 aromatic rings. The van der Waals surface area contributed by atoms with Crippen LogP contribution in [0.5, 0.6) is 0 Å². The van der Waals surface area contributed by atoms with Crippen LogP contribution in [0.4, 0.5) is 10.1 Å². The molecular weight excluding hydrogens is 872 g/mol. The second kappa shape index (κ2) is 16.6. The van der Waals surface area contributed by atoms with Crippen molar-refractivity contribution in [3.63, 3.8) is 0 Å². The van der Waals surface area contributed by atoms with Gasteiger partial charge in [-0.25, -0.2) is 9.18 Å². The first-order valence-corrected chi connectivity index (χ1v) is 24.0. The molecule has 2 spiro atoms. The molecule has 2 saturated carbocycles. The lowest BCUT2D eigenvalue weighted by atomic mass is 9.55. The van der Waals surface area contributed by atoms with Crippen molar-refractivity contribution in [2.75, 3.05) is 32.0 Å². The maximum atomic E-state index is 16.5. The number of amides is 4. The van der Waals surface area contributed by atoms with Crippen LogP contribution < -0.4 is 21.6 Å². The van der Waals surface area contributed by atoms with Gasteiger partial charge in [0.05, 0.1) is 27.7 Å². The third-order valence-electron chi connectivity index (χ3n) is 16.4. The SMILES string of the molecule is CN1[C@@H](C(=O)NC2CCC(O)(CN3CCC(c4ccc5c(c4)n(C)c(=O)n5C4CCC(=O)NC4=O)CC3)CC2)[C@H](c2cccc(Cl)c2F)[C@]2(C(=O)Nc3cc(Cl)ccc32)C12CCCCC2. The second-order valence-electron chi connectivity index (χ2n) is 19.7. The summed E-state index contributed by atoms with van der Waals surface area (Å²) < 4.78 is 19.6. The Balaban J connectivity index is 0.827. The van der Waals surface area contributed by atoms with Crippen molar-refractivity contribution in [1.29, 1.82) is 0 Å². The minimum absolute atomic E-state index is 0.0663. The normalized spacial score (nSPS) is 29.7. The summed E-state index contributed by atoms with van der Waals surface area (Å²) in [6, 6.07) is 14.4. The van der Waals surface area contributed by atoms with E-state index in [1.807, 2.05) is 31.3 Å². The van der Waals surface area contributed by atoms with Crippen molar-refractivity contribution < 1.29 is 28.7 Å². The summed E-state index contributed by atoms with van der Waals surface area (Å²) in [7, 11) is 3.63. The fraction of sp³-hybridized carbons (Fsp3) is 0.531. The van der Waals surface area contributed by atoms with Crippen molar-refractivity contribution >= 4 is 63.6 Å². The highest BCUT2D eigenvalue weighted by Crippen LogP contribution is 2.66. The number of carbonyl (C=O) groups excluding carboxylic acids is 4. The van der Waals surface area contributed by atoms with Crippen LogP contribution in [0.3, 0.4) is 0 Å². The van der Waals surface area contributed by atoms with Gasteiger partial charge in [0, 0.05) is 48.2 Å². The van der Waals surface area contributed by atoms with E-state index in [4.69, 9.17) is 23.2 Å². The molecule has 65 heavy (non-hydrogen) atoms. The Kier molecular flexibility index (Phi) is 11.3. The molecule has 0 radical (unpaired) electrons. The van der Waals surface area contributed by atoms with Gasteiger partial charge in [-0.15, -0.1) is 0 Å². The number of aryl methyl sites for hydroxylation is 1. The van der Waals surface area contributed by atoms with Gasteiger partial charge in [0.15, 0.2) is 0 Å². The molecule has 0 bridgehead atoms. The molecule has 10 rings (SSSR count). The smallest absolute Gasteiger partial charge is 0.329 e. The first kappa shape index (κ1) is 44.2. The molecule has 6 aliphatic rings. The second-order valence-corrected chi connectivity index (χ2v) is 20.5. The number of aliphatic hydroxyl groups is 1. The number of likely N-dealkylation sites (tertiary alicyclic amines) is 2. The molecule has 3 saturated heterocycles. The zero-order valence-corrected chi connectivity index (χ0v) is 38.3. The Labute approximate surface area is 387 Å². The summed E-state index contributed by atoms with van der Waals surface area (Å²) in [6.45, 7) is 2.11. The fourth-order valence-corrected chi connectivity index (χ4v) is 13.5. The minimum atomic E-state index is -1.30. The third-order valence-corrected chi connectivity index (χ3v) is 16.9. The number of nitrogens with one attached hydrogen (secondary N) is 3. The molecule has 3 aromatic carbocycles. The number of imide groups is 1. The van der Waals surface area contributed by atoms with Gasteiger partial charge in [-0.3, -0.25) is 38.5 Å². The van der Waals surface area contributed by atoms with Gasteiger partial charge in [0.2, 0.25) is 23.6 Å². The highest BCUT2D eigenvalue weighted by molar-refractivity contribution is 6.31. The van der Waals surface area contributed by atoms with E-state index < -0.39 is 46.3 Å². The first-order valence-electron chi connectivity index (χ1n) is 23.2. The Morgan fingerprint density at radius 1 is 0.877 bits per heavy atom. The summed E-state index contributed by atoms with van der Waals surface area (Å²) in [6.07, 6.45) is 8.42. The summed E-state index contributed by atoms with van der Waals surface area (Å²) in [5.74, 6) is -2.57. The number of piperidine rings is 2. The molecule has 4 atom stereocenters. The number of hydrogen-bond donors (Lipinski definition) is 4. The van der Waals surface area contributed by atoms with Gasteiger partial charge < -0.3 is 20.6 Å². The number of carbonyl (C=O) groups is 4. The molecule has 5 heterocycles. The number of imidazole rings is 1. The van der Waals surface area contributed by atoms with E-state index in [1.54, 1.807) is 35.9 Å². The molecular formula is C49H56Cl2FN7O6. The zero-order chi connectivity index (χ0) is 45.6. The standard InChI is InChI=1S/C49H56Cl2FN7O6/c1-56-38-25-29(9-12-36(38)59(46(56)64)37-13-14-39(60)55-43(37)61)28-17-23-58(24-18-28)27-47(65)21-15-31(16-22-47)53-44(62)42-40(32-7-6-8-34(51)41(32)52)49(48(57(42)2)19-4-3-5-20-48)33-11-10-30(50)26-35(33)54-45(49)63/h6-12,25-26,28,31,37,40,42,65H,3-5,13-24,27H2,1-2H3,(H,53,62)(H,54,63)(H,55,60,61)/t31?,37?,40-,42+,47?,49+/m0/s1. The number of β-amino-alcohol motifs (C(OH)–C–C–N with tert-alkyl or cyclic N) is 1. The zero-order valence-electron chi connectivity index (χ0n) is 36.8. The van der Waals surface area contributed by atoms with Crippen LogP contribution in [0.15, 0.2) is 59.4 Å². The molecule has 13 nitrogen and oxygen atoms in total. The van der Waals surface area contributed by atoms with E-state index in [2.05, 4.69) is 25.8 Å². The maximum absolute atomic E-state index is 16.5. The fourth-order valence-electron chi connectivity index (χ4n) is 13.2. The maximum Gasteiger partial charge on any atom is 0.329 e. The number of halogens is 3. The summed E-state index contributed by atoms with van der Waals surface area (Å²) in [5, 5.41) is 21.2. The summed E-state index contributed by atoms with van der Waals surface area (Å²) in [5.41, 5.74) is 0.781. The molecule has 4 amide bonds. The van der Waals surface area contributed by atoms with Gasteiger partial charge in [0.25, 0.3) is 0 Å². The van der Waals surface area contributed by atoms with Gasteiger partial charge in [0.1, 0.15) is 17.3 Å². The number of benzene rings is 3. The van der Waals surface area contributed by atoms with E-state index in [0.717, 1.165) is 61.8 Å². The highest BCUT2D eigenvalue weighted by Gasteiger charge is 2.74. The van der Waals surface area contributed by atoms with E-state index in [0.29, 0.717) is 61.3 Å². The predicted octanol–water partition coefficient (Wildman–Crippen LogP) is 6.42. The number of likely N-dealkylation sites (N-methyl/N-ethyl adjacent to an activating group) is 1. The van der Waals surface area contributed by atoms with Crippen LogP contribution in [0.2, 0.25) is 10.0 Å². The lowest BCUT2D eigenvalue weighted by Crippen LogP contribution is -2.60.